The van der Waals surface area contributed by atoms with Gasteiger partial charge in [0.25, 0.3) is 0 Å². The van der Waals surface area contributed by atoms with Gasteiger partial charge in [0.1, 0.15) is 0 Å². The van der Waals surface area contributed by atoms with Gasteiger partial charge in [-0.25, -0.2) is 0 Å². The summed E-state index contributed by atoms with van der Waals surface area (Å²) in [5.41, 5.74) is 2.82. The summed E-state index contributed by atoms with van der Waals surface area (Å²) in [4.78, 5) is 0. The number of likely N-dealkylation sites (tertiary alicyclic amines) is 1. The van der Waals surface area contributed by atoms with Crippen LogP contribution < -0.4 is 0 Å². The quantitative estimate of drug-likeness (QED) is 0.578. The summed E-state index contributed by atoms with van der Waals surface area (Å²) >= 11 is 0. The predicted molar refractivity (Wildman–Crippen MR) is 87.9 cm³/mol. The number of nitrogens with zero attached hydrogens (tertiary/aromatic N) is 1. The average molecular weight is 287 g/mol. The predicted octanol–water partition coefficient (Wildman–Crippen LogP) is 4.55. The van der Waals surface area contributed by atoms with E-state index in [1.54, 1.807) is 0 Å². The number of aryl methyl sites for hydroxylation is 1. The van der Waals surface area contributed by atoms with E-state index in [2.05, 4.69) is 52.0 Å². The minimum absolute atomic E-state index is 0.0210. The van der Waals surface area contributed by atoms with Gasteiger partial charge in [0.2, 0.25) is 0 Å². The summed E-state index contributed by atoms with van der Waals surface area (Å²) in [6.45, 7) is 10.8. The molecule has 1 saturated carbocycles. The molecular formula is C19H29NO. The van der Waals surface area contributed by atoms with E-state index in [4.69, 9.17) is 0 Å². The first-order valence-corrected chi connectivity index (χ1v) is 8.45. The molecule has 0 aromatic heterocycles. The number of quaternary nitrogens is 1. The van der Waals surface area contributed by atoms with Crippen LogP contribution in [0.1, 0.15) is 57.6 Å². The van der Waals surface area contributed by atoms with Crippen molar-refractivity contribution in [3.05, 3.63) is 40.6 Å². The first-order chi connectivity index (χ1) is 9.80. The van der Waals surface area contributed by atoms with Gasteiger partial charge in [0.15, 0.2) is 0 Å². The van der Waals surface area contributed by atoms with E-state index in [1.807, 2.05) is 0 Å². The SMILES string of the molecule is Cc1ccc([C@@]2(C)[C@H]([N+]3([O-])CCCC3)CCC2(C)C)cc1. The standard InChI is InChI=1S/C19H29NO/c1-15-7-9-16(10-8-15)19(4)17(11-12-18(19,2)3)20(21)13-5-6-14-20/h7-10,17H,5-6,11-14H2,1-4H3/t17-,19+/m1/s1. The number of benzene rings is 1. The van der Waals surface area contributed by atoms with Crippen molar-refractivity contribution < 1.29 is 4.65 Å². The molecule has 1 aliphatic heterocycles. The Labute approximate surface area is 129 Å². The van der Waals surface area contributed by atoms with Crippen LogP contribution in [0.15, 0.2) is 24.3 Å². The Bertz CT molecular complexity index is 513. The molecular weight excluding hydrogens is 258 g/mol. The van der Waals surface area contributed by atoms with E-state index in [1.165, 1.54) is 11.1 Å². The van der Waals surface area contributed by atoms with Crippen molar-refractivity contribution in [2.24, 2.45) is 5.41 Å². The van der Waals surface area contributed by atoms with Crippen molar-refractivity contribution in [3.8, 4) is 0 Å². The minimum Gasteiger partial charge on any atom is -0.633 e. The highest BCUT2D eigenvalue weighted by Gasteiger charge is 2.59. The molecule has 0 unspecified atom stereocenters. The number of hydroxylamine groups is 3. The van der Waals surface area contributed by atoms with Crippen LogP contribution in [0.4, 0.5) is 0 Å². The number of hydrogen-bond acceptors (Lipinski definition) is 1. The van der Waals surface area contributed by atoms with Crippen molar-refractivity contribution >= 4 is 0 Å². The summed E-state index contributed by atoms with van der Waals surface area (Å²) < 4.78 is 0.0494. The Hall–Kier alpha value is -0.860. The molecule has 2 nitrogen and oxygen atoms in total. The Morgan fingerprint density at radius 1 is 1.05 bits per heavy atom. The van der Waals surface area contributed by atoms with Gasteiger partial charge in [-0.15, -0.1) is 0 Å². The smallest absolute Gasteiger partial charge is 0.0987 e. The van der Waals surface area contributed by atoms with E-state index in [9.17, 15) is 5.21 Å². The van der Waals surface area contributed by atoms with Crippen LogP contribution in [0, 0.1) is 17.5 Å². The zero-order valence-corrected chi connectivity index (χ0v) is 14.0. The minimum atomic E-state index is -0.0210. The second-order valence-corrected chi connectivity index (χ2v) is 8.11. The lowest BCUT2D eigenvalue weighted by atomic mass is 9.63. The summed E-state index contributed by atoms with van der Waals surface area (Å²) in [6, 6.07) is 9.14. The van der Waals surface area contributed by atoms with Gasteiger partial charge in [-0.1, -0.05) is 43.7 Å². The molecule has 2 atom stereocenters. The van der Waals surface area contributed by atoms with Crippen molar-refractivity contribution in [1.29, 1.82) is 0 Å². The van der Waals surface area contributed by atoms with Crippen LogP contribution in [-0.2, 0) is 5.41 Å². The molecule has 21 heavy (non-hydrogen) atoms. The maximum atomic E-state index is 13.4. The second kappa shape index (κ2) is 4.82. The first kappa shape index (κ1) is 15.1. The van der Waals surface area contributed by atoms with Crippen LogP contribution in [0.3, 0.4) is 0 Å². The third-order valence-corrected chi connectivity index (χ3v) is 6.66. The van der Waals surface area contributed by atoms with Crippen molar-refractivity contribution in [3.63, 3.8) is 0 Å². The first-order valence-electron chi connectivity index (χ1n) is 8.45. The van der Waals surface area contributed by atoms with Crippen LogP contribution in [0.5, 0.6) is 0 Å². The molecule has 1 aromatic rings. The summed E-state index contributed by atoms with van der Waals surface area (Å²) in [5.74, 6) is 0. The molecule has 2 fully saturated rings. The molecule has 116 valence electrons. The lowest BCUT2D eigenvalue weighted by Crippen LogP contribution is -2.58. The topological polar surface area (TPSA) is 23.1 Å². The molecule has 2 heteroatoms. The zero-order chi connectivity index (χ0) is 15.3. The molecule has 0 amide bonds. The third kappa shape index (κ3) is 2.15. The molecule has 1 heterocycles. The lowest BCUT2D eigenvalue weighted by molar-refractivity contribution is -0.898. The summed E-state index contributed by atoms with van der Waals surface area (Å²) in [5, 5.41) is 13.4. The second-order valence-electron chi connectivity index (χ2n) is 8.11. The van der Waals surface area contributed by atoms with E-state index < -0.39 is 0 Å². The van der Waals surface area contributed by atoms with Gasteiger partial charge >= 0.3 is 0 Å². The van der Waals surface area contributed by atoms with Crippen molar-refractivity contribution in [1.82, 2.24) is 0 Å². The largest absolute Gasteiger partial charge is 0.633 e. The molecule has 0 bridgehead atoms. The van der Waals surface area contributed by atoms with Crippen molar-refractivity contribution in [2.75, 3.05) is 13.1 Å². The lowest BCUT2D eigenvalue weighted by Gasteiger charge is -2.53. The van der Waals surface area contributed by atoms with Crippen LogP contribution in [0.25, 0.3) is 0 Å². The highest BCUT2D eigenvalue weighted by molar-refractivity contribution is 5.33. The Morgan fingerprint density at radius 2 is 1.62 bits per heavy atom. The summed E-state index contributed by atoms with van der Waals surface area (Å²) in [7, 11) is 0. The average Bonchev–Trinajstić information content (AvgIpc) is 2.95. The van der Waals surface area contributed by atoms with E-state index in [0.717, 1.165) is 38.8 Å². The van der Waals surface area contributed by atoms with Gasteiger partial charge < -0.3 is 9.85 Å². The van der Waals surface area contributed by atoms with Gasteiger partial charge in [-0.05, 0) is 31.2 Å². The third-order valence-electron chi connectivity index (χ3n) is 6.66. The van der Waals surface area contributed by atoms with E-state index >= 15 is 0 Å². The fraction of sp³-hybridized carbons (Fsp3) is 0.684. The highest BCUT2D eigenvalue weighted by Crippen LogP contribution is 2.57. The Kier molecular flexibility index (Phi) is 3.46. The molecule has 0 radical (unpaired) electrons. The molecule has 1 aliphatic carbocycles. The van der Waals surface area contributed by atoms with Crippen LogP contribution >= 0.6 is 0 Å². The van der Waals surface area contributed by atoms with E-state index in [0.29, 0.717) is 0 Å². The Morgan fingerprint density at radius 3 is 2.19 bits per heavy atom. The van der Waals surface area contributed by atoms with Gasteiger partial charge in [0, 0.05) is 24.7 Å². The van der Waals surface area contributed by atoms with Gasteiger partial charge in [0.05, 0.1) is 19.1 Å². The van der Waals surface area contributed by atoms with Gasteiger partial charge in [-0.2, -0.15) is 0 Å². The molecule has 2 aliphatic rings. The fourth-order valence-electron chi connectivity index (χ4n) is 4.87. The molecule has 0 N–H and O–H groups in total. The Balaban J connectivity index is 2.07. The normalized spacial score (nSPS) is 34.2. The molecule has 0 spiro atoms. The maximum absolute atomic E-state index is 13.4. The van der Waals surface area contributed by atoms with Crippen LogP contribution in [-0.4, -0.2) is 23.8 Å². The van der Waals surface area contributed by atoms with E-state index in [-0.39, 0.29) is 21.5 Å². The maximum Gasteiger partial charge on any atom is 0.0987 e. The summed E-state index contributed by atoms with van der Waals surface area (Å²) in [6.07, 6.45) is 4.43. The monoisotopic (exact) mass is 287 g/mol. The molecule has 1 saturated heterocycles. The zero-order valence-electron chi connectivity index (χ0n) is 14.0. The number of hydrogen-bond donors (Lipinski definition) is 0. The van der Waals surface area contributed by atoms with Crippen LogP contribution in [0.2, 0.25) is 0 Å². The van der Waals surface area contributed by atoms with Crippen molar-refractivity contribution in [2.45, 2.75) is 64.8 Å². The number of rotatable bonds is 2. The molecule has 1 aromatic carbocycles. The fourth-order valence-corrected chi connectivity index (χ4v) is 4.87. The highest BCUT2D eigenvalue weighted by atomic mass is 16.5. The van der Waals surface area contributed by atoms with Gasteiger partial charge in [-0.3, -0.25) is 0 Å². The molecule has 3 rings (SSSR count).